The number of nitrogens with zero attached hydrogens (tertiary/aromatic N) is 2. The fourth-order valence-corrected chi connectivity index (χ4v) is 4.58. The Kier molecular flexibility index (Phi) is 6.45. The van der Waals surface area contributed by atoms with Crippen molar-refractivity contribution in [1.82, 2.24) is 20.3 Å². The number of benzene rings is 2. The summed E-state index contributed by atoms with van der Waals surface area (Å²) in [5, 5.41) is 9.44. The highest BCUT2D eigenvalue weighted by Gasteiger charge is 2.23. The van der Waals surface area contributed by atoms with E-state index in [2.05, 4.69) is 56.7 Å². The second-order valence-electron chi connectivity index (χ2n) is 9.02. The van der Waals surface area contributed by atoms with Crippen LogP contribution in [0.25, 0.3) is 33.6 Å². The van der Waals surface area contributed by atoms with Gasteiger partial charge >= 0.3 is 0 Å². The Balaban J connectivity index is 1.49. The van der Waals surface area contributed by atoms with Crippen molar-refractivity contribution in [2.75, 3.05) is 27.2 Å². The van der Waals surface area contributed by atoms with E-state index in [1.807, 2.05) is 50.8 Å². The standard InChI is InChI=1S/C28H30N4O2/c1-32(2)15-16-34-23-7-3-20(4-8-23)27-18-25(19-11-13-29-14-12-19)28(30-27)22-5-9-24-21(17-22)6-10-26(24)31-33/h3-5,7-9,11-14,17-18,26,30-31,33H,6,10,15-16H2,1-2H3. The third kappa shape index (κ3) is 4.61. The number of H-pyrrole nitrogens is 1. The summed E-state index contributed by atoms with van der Waals surface area (Å²) in [7, 11) is 4.08. The molecule has 174 valence electrons. The molecule has 0 aliphatic heterocycles. The van der Waals surface area contributed by atoms with E-state index in [0.717, 1.165) is 58.8 Å². The van der Waals surface area contributed by atoms with Gasteiger partial charge < -0.3 is 19.8 Å². The fourth-order valence-electron chi connectivity index (χ4n) is 4.58. The lowest BCUT2D eigenvalue weighted by Gasteiger charge is -2.11. The number of hydrogen-bond acceptors (Lipinski definition) is 5. The second-order valence-corrected chi connectivity index (χ2v) is 9.02. The first-order chi connectivity index (χ1) is 16.6. The molecule has 1 atom stereocenters. The van der Waals surface area contributed by atoms with E-state index >= 15 is 0 Å². The minimum Gasteiger partial charge on any atom is -0.492 e. The number of aromatic nitrogens is 2. The number of ether oxygens (including phenoxy) is 1. The summed E-state index contributed by atoms with van der Waals surface area (Å²) in [5.41, 5.74) is 11.5. The number of aryl methyl sites for hydroxylation is 1. The third-order valence-electron chi connectivity index (χ3n) is 6.45. The van der Waals surface area contributed by atoms with Crippen molar-refractivity contribution < 1.29 is 9.94 Å². The molecule has 6 heteroatoms. The van der Waals surface area contributed by atoms with Crippen LogP contribution in [0.2, 0.25) is 0 Å². The van der Waals surface area contributed by atoms with Gasteiger partial charge in [0.05, 0.1) is 11.7 Å². The van der Waals surface area contributed by atoms with Crippen LogP contribution >= 0.6 is 0 Å². The molecule has 4 aromatic rings. The van der Waals surface area contributed by atoms with Gasteiger partial charge in [0.1, 0.15) is 12.4 Å². The first-order valence-corrected chi connectivity index (χ1v) is 11.7. The van der Waals surface area contributed by atoms with Crippen LogP contribution in [0.4, 0.5) is 0 Å². The molecular formula is C28H30N4O2. The van der Waals surface area contributed by atoms with Crippen molar-refractivity contribution in [3.05, 3.63) is 84.2 Å². The SMILES string of the molecule is CN(C)CCOc1ccc(-c2cc(-c3ccncc3)c(-c3ccc4c(c3)CCC4NO)[nH]2)cc1. The summed E-state index contributed by atoms with van der Waals surface area (Å²) in [4.78, 5) is 9.97. The zero-order chi connectivity index (χ0) is 23.5. The number of hydroxylamine groups is 1. The van der Waals surface area contributed by atoms with Crippen molar-refractivity contribution in [1.29, 1.82) is 0 Å². The predicted octanol–water partition coefficient (Wildman–Crippen LogP) is 5.32. The Labute approximate surface area is 200 Å². The summed E-state index contributed by atoms with van der Waals surface area (Å²) in [6, 6.07) is 21.0. The fraction of sp³-hybridized carbons (Fsp3) is 0.250. The topological polar surface area (TPSA) is 73.4 Å². The Morgan fingerprint density at radius 3 is 2.50 bits per heavy atom. The Morgan fingerprint density at radius 1 is 1.00 bits per heavy atom. The van der Waals surface area contributed by atoms with Crippen LogP contribution in [-0.4, -0.2) is 47.3 Å². The number of rotatable bonds is 8. The van der Waals surface area contributed by atoms with Gasteiger partial charge in [-0.15, -0.1) is 0 Å². The van der Waals surface area contributed by atoms with Crippen molar-refractivity contribution in [3.8, 4) is 39.4 Å². The molecule has 3 N–H and O–H groups in total. The van der Waals surface area contributed by atoms with Gasteiger partial charge in [-0.25, -0.2) is 0 Å². The van der Waals surface area contributed by atoms with Crippen molar-refractivity contribution in [3.63, 3.8) is 0 Å². The molecule has 1 aliphatic rings. The third-order valence-corrected chi connectivity index (χ3v) is 6.45. The molecule has 0 radical (unpaired) electrons. The summed E-state index contributed by atoms with van der Waals surface area (Å²) in [5.74, 6) is 0.873. The molecule has 0 bridgehead atoms. The average molecular weight is 455 g/mol. The summed E-state index contributed by atoms with van der Waals surface area (Å²) in [6.45, 7) is 1.54. The summed E-state index contributed by atoms with van der Waals surface area (Å²) >= 11 is 0. The zero-order valence-electron chi connectivity index (χ0n) is 19.6. The number of aromatic amines is 1. The number of fused-ring (bicyclic) bond motifs is 1. The van der Waals surface area contributed by atoms with Gasteiger partial charge in [-0.2, -0.15) is 5.48 Å². The molecule has 0 spiro atoms. The van der Waals surface area contributed by atoms with Crippen LogP contribution in [0.15, 0.2) is 73.1 Å². The van der Waals surface area contributed by atoms with Crippen LogP contribution in [0.1, 0.15) is 23.6 Å². The highest BCUT2D eigenvalue weighted by Crippen LogP contribution is 2.39. The van der Waals surface area contributed by atoms with Gasteiger partial charge in [0.2, 0.25) is 0 Å². The molecule has 0 saturated carbocycles. The molecule has 0 amide bonds. The molecule has 34 heavy (non-hydrogen) atoms. The van der Waals surface area contributed by atoms with E-state index in [4.69, 9.17) is 4.74 Å². The van der Waals surface area contributed by atoms with Crippen LogP contribution in [0.3, 0.4) is 0 Å². The quantitative estimate of drug-likeness (QED) is 0.314. The van der Waals surface area contributed by atoms with Gasteiger partial charge in [-0.05, 0) is 103 Å². The van der Waals surface area contributed by atoms with Gasteiger partial charge in [0.15, 0.2) is 0 Å². The van der Waals surface area contributed by atoms with E-state index in [9.17, 15) is 5.21 Å². The Morgan fingerprint density at radius 2 is 1.76 bits per heavy atom. The minimum atomic E-state index is 0.0152. The maximum Gasteiger partial charge on any atom is 0.119 e. The zero-order valence-corrected chi connectivity index (χ0v) is 19.6. The van der Waals surface area contributed by atoms with Crippen molar-refractivity contribution in [2.45, 2.75) is 18.9 Å². The van der Waals surface area contributed by atoms with Gasteiger partial charge in [-0.1, -0.05) is 12.1 Å². The van der Waals surface area contributed by atoms with Gasteiger partial charge in [0, 0.05) is 30.2 Å². The lowest BCUT2D eigenvalue weighted by molar-refractivity contribution is 0.126. The van der Waals surface area contributed by atoms with Crippen LogP contribution < -0.4 is 10.2 Å². The number of likely N-dealkylation sites (N-methyl/N-ethyl adjacent to an activating group) is 1. The molecule has 6 nitrogen and oxygen atoms in total. The minimum absolute atomic E-state index is 0.0152. The lowest BCUT2D eigenvalue weighted by Crippen LogP contribution is -2.19. The smallest absolute Gasteiger partial charge is 0.119 e. The van der Waals surface area contributed by atoms with Crippen molar-refractivity contribution in [2.24, 2.45) is 0 Å². The van der Waals surface area contributed by atoms with Crippen LogP contribution in [-0.2, 0) is 6.42 Å². The van der Waals surface area contributed by atoms with Crippen LogP contribution in [0.5, 0.6) is 5.75 Å². The highest BCUT2D eigenvalue weighted by atomic mass is 16.5. The van der Waals surface area contributed by atoms with Crippen molar-refractivity contribution >= 4 is 0 Å². The number of hydrogen-bond donors (Lipinski definition) is 3. The molecule has 5 rings (SSSR count). The van der Waals surface area contributed by atoms with Gasteiger partial charge in [-0.3, -0.25) is 4.98 Å². The maximum atomic E-state index is 9.44. The second kappa shape index (κ2) is 9.81. The van der Waals surface area contributed by atoms with E-state index in [1.165, 1.54) is 11.1 Å². The van der Waals surface area contributed by atoms with Gasteiger partial charge in [0.25, 0.3) is 0 Å². The molecule has 2 aromatic heterocycles. The lowest BCUT2D eigenvalue weighted by atomic mass is 9.98. The summed E-state index contributed by atoms with van der Waals surface area (Å²) in [6.07, 6.45) is 5.51. The molecule has 2 aromatic carbocycles. The largest absolute Gasteiger partial charge is 0.492 e. The molecular weight excluding hydrogens is 424 g/mol. The highest BCUT2D eigenvalue weighted by molar-refractivity contribution is 5.86. The Bertz CT molecular complexity index is 1250. The molecule has 1 unspecified atom stereocenters. The predicted molar refractivity (Wildman–Crippen MR) is 135 cm³/mol. The summed E-state index contributed by atoms with van der Waals surface area (Å²) < 4.78 is 5.85. The maximum absolute atomic E-state index is 9.44. The number of pyridine rings is 1. The van der Waals surface area contributed by atoms with E-state index in [0.29, 0.717) is 6.61 Å². The average Bonchev–Trinajstić information content (AvgIpc) is 3.49. The number of nitrogens with one attached hydrogen (secondary N) is 2. The Hall–Kier alpha value is -3.45. The molecule has 0 fully saturated rings. The first-order valence-electron chi connectivity index (χ1n) is 11.7. The first kappa shape index (κ1) is 22.3. The molecule has 0 saturated heterocycles. The normalized spacial score (nSPS) is 15.0. The van der Waals surface area contributed by atoms with E-state index < -0.39 is 0 Å². The van der Waals surface area contributed by atoms with E-state index in [1.54, 1.807) is 0 Å². The monoisotopic (exact) mass is 454 g/mol. The van der Waals surface area contributed by atoms with Crippen LogP contribution in [0, 0.1) is 0 Å². The molecule has 1 aliphatic carbocycles. The van der Waals surface area contributed by atoms with E-state index in [-0.39, 0.29) is 6.04 Å². The molecule has 2 heterocycles.